The van der Waals surface area contributed by atoms with Gasteiger partial charge >= 0.3 is 0 Å². The quantitative estimate of drug-likeness (QED) is 0.604. The van der Waals surface area contributed by atoms with Crippen LogP contribution in [0.3, 0.4) is 0 Å². The number of anilines is 1. The lowest BCUT2D eigenvalue weighted by Gasteiger charge is -2.22. The van der Waals surface area contributed by atoms with Crippen LogP contribution >= 0.6 is 23.2 Å². The monoisotopic (exact) mass is 372 g/mol. The summed E-state index contributed by atoms with van der Waals surface area (Å²) in [4.78, 5) is 6.95. The third-order valence-electron chi connectivity index (χ3n) is 3.95. The molecule has 0 amide bonds. The molecule has 0 saturated heterocycles. The van der Waals surface area contributed by atoms with Gasteiger partial charge in [-0.2, -0.15) is 0 Å². The van der Waals surface area contributed by atoms with E-state index in [1.54, 1.807) is 0 Å². The number of benzene rings is 2. The summed E-state index contributed by atoms with van der Waals surface area (Å²) in [6, 6.07) is 15.0. The lowest BCUT2D eigenvalue weighted by molar-refractivity contribution is 0.829. The molecule has 128 valence electrons. The average molecular weight is 373 g/mol. The van der Waals surface area contributed by atoms with Gasteiger partial charge in [-0.05, 0) is 50.2 Å². The third kappa shape index (κ3) is 3.91. The Morgan fingerprint density at radius 2 is 1.28 bits per heavy atom. The van der Waals surface area contributed by atoms with E-state index in [9.17, 15) is 0 Å². The van der Waals surface area contributed by atoms with Crippen LogP contribution in [0.1, 0.15) is 13.8 Å². The van der Waals surface area contributed by atoms with E-state index >= 15 is 0 Å². The molecule has 1 aromatic heterocycles. The topological polar surface area (TPSA) is 41.9 Å². The fourth-order valence-corrected chi connectivity index (χ4v) is 2.83. The first-order valence-electron chi connectivity index (χ1n) is 8.14. The summed E-state index contributed by atoms with van der Waals surface area (Å²) in [5.41, 5.74) is 2.57. The molecule has 0 aliphatic carbocycles. The van der Waals surface area contributed by atoms with Gasteiger partial charge in [-0.25, -0.2) is 4.98 Å². The number of hydrogen-bond donors (Lipinski definition) is 0. The predicted molar refractivity (Wildman–Crippen MR) is 104 cm³/mol. The van der Waals surface area contributed by atoms with Crippen LogP contribution in [0, 0.1) is 0 Å². The van der Waals surface area contributed by atoms with Gasteiger partial charge in [-0.15, -0.1) is 10.2 Å². The number of aromatic nitrogens is 3. The molecule has 0 bridgehead atoms. The standard InChI is InChI=1S/C19H18Cl2N4/c1-3-25(4-2)19-17(13-5-9-15(20)10-6-13)23-24-18(22-19)14-7-11-16(21)12-8-14/h5-12H,3-4H2,1-2H3. The van der Waals surface area contributed by atoms with Crippen molar-refractivity contribution in [3.05, 3.63) is 58.6 Å². The first-order chi connectivity index (χ1) is 12.1. The van der Waals surface area contributed by atoms with Crippen molar-refractivity contribution >= 4 is 29.0 Å². The minimum absolute atomic E-state index is 0.580. The summed E-state index contributed by atoms with van der Waals surface area (Å²) in [7, 11) is 0. The van der Waals surface area contributed by atoms with E-state index in [0.29, 0.717) is 15.9 Å². The Morgan fingerprint density at radius 1 is 0.760 bits per heavy atom. The molecule has 0 fully saturated rings. The molecule has 4 nitrogen and oxygen atoms in total. The molecule has 2 aromatic carbocycles. The zero-order chi connectivity index (χ0) is 17.8. The molecular weight excluding hydrogens is 355 g/mol. The van der Waals surface area contributed by atoms with Crippen LogP contribution in [-0.2, 0) is 0 Å². The largest absolute Gasteiger partial charge is 0.355 e. The van der Waals surface area contributed by atoms with Gasteiger partial charge in [-0.3, -0.25) is 0 Å². The Bertz CT molecular complexity index is 844. The number of hydrogen-bond acceptors (Lipinski definition) is 4. The minimum Gasteiger partial charge on any atom is -0.355 e. The molecule has 3 aromatic rings. The highest BCUT2D eigenvalue weighted by Crippen LogP contribution is 2.29. The van der Waals surface area contributed by atoms with E-state index in [1.165, 1.54) is 0 Å². The van der Waals surface area contributed by atoms with Crippen molar-refractivity contribution in [3.63, 3.8) is 0 Å². The van der Waals surface area contributed by atoms with Crippen molar-refractivity contribution in [2.45, 2.75) is 13.8 Å². The summed E-state index contributed by atoms with van der Waals surface area (Å²) in [6.07, 6.45) is 0. The van der Waals surface area contributed by atoms with E-state index < -0.39 is 0 Å². The molecule has 25 heavy (non-hydrogen) atoms. The maximum atomic E-state index is 6.00. The highest BCUT2D eigenvalue weighted by Gasteiger charge is 2.16. The van der Waals surface area contributed by atoms with Crippen LogP contribution < -0.4 is 4.90 Å². The van der Waals surface area contributed by atoms with Crippen molar-refractivity contribution in [1.82, 2.24) is 15.2 Å². The first-order valence-corrected chi connectivity index (χ1v) is 8.89. The molecule has 0 N–H and O–H groups in total. The van der Waals surface area contributed by atoms with Crippen molar-refractivity contribution in [1.29, 1.82) is 0 Å². The summed E-state index contributed by atoms with van der Waals surface area (Å²) < 4.78 is 0. The Labute approximate surface area is 157 Å². The Hall–Kier alpha value is -2.17. The molecule has 0 radical (unpaired) electrons. The van der Waals surface area contributed by atoms with Crippen molar-refractivity contribution in [2.75, 3.05) is 18.0 Å². The van der Waals surface area contributed by atoms with Crippen molar-refractivity contribution < 1.29 is 0 Å². The smallest absolute Gasteiger partial charge is 0.183 e. The number of halogens is 2. The maximum absolute atomic E-state index is 6.00. The fraction of sp³-hybridized carbons (Fsp3) is 0.211. The second-order valence-electron chi connectivity index (χ2n) is 5.49. The fourth-order valence-electron chi connectivity index (χ4n) is 2.58. The molecule has 0 atom stereocenters. The third-order valence-corrected chi connectivity index (χ3v) is 4.46. The molecule has 0 saturated carbocycles. The van der Waals surface area contributed by atoms with Gasteiger partial charge in [0.2, 0.25) is 0 Å². The van der Waals surface area contributed by atoms with Crippen LogP contribution in [0.4, 0.5) is 5.82 Å². The first kappa shape index (κ1) is 17.6. The highest BCUT2D eigenvalue weighted by atomic mass is 35.5. The van der Waals surface area contributed by atoms with Gasteiger partial charge in [0.1, 0.15) is 5.69 Å². The summed E-state index contributed by atoms with van der Waals surface area (Å²) in [6.45, 7) is 5.85. The van der Waals surface area contributed by atoms with E-state index in [-0.39, 0.29) is 0 Å². The van der Waals surface area contributed by atoms with Crippen LogP contribution in [-0.4, -0.2) is 28.3 Å². The van der Waals surface area contributed by atoms with Crippen molar-refractivity contribution in [2.24, 2.45) is 0 Å². The van der Waals surface area contributed by atoms with Gasteiger partial charge in [0, 0.05) is 34.3 Å². The molecule has 0 spiro atoms. The van der Waals surface area contributed by atoms with E-state index in [0.717, 1.165) is 35.7 Å². The summed E-state index contributed by atoms with van der Waals surface area (Å²) in [5, 5.41) is 10.2. The van der Waals surface area contributed by atoms with E-state index in [4.69, 9.17) is 28.2 Å². The minimum atomic E-state index is 0.580. The summed E-state index contributed by atoms with van der Waals surface area (Å²) in [5.74, 6) is 1.39. The zero-order valence-electron chi connectivity index (χ0n) is 14.1. The SMILES string of the molecule is CCN(CC)c1nc(-c2ccc(Cl)cc2)nnc1-c1ccc(Cl)cc1. The van der Waals surface area contributed by atoms with Crippen LogP contribution in [0.5, 0.6) is 0 Å². The van der Waals surface area contributed by atoms with Gasteiger partial charge in [0.05, 0.1) is 0 Å². The van der Waals surface area contributed by atoms with E-state index in [1.807, 2.05) is 48.5 Å². The van der Waals surface area contributed by atoms with E-state index in [2.05, 4.69) is 28.9 Å². The van der Waals surface area contributed by atoms with Gasteiger partial charge in [0.25, 0.3) is 0 Å². The number of nitrogens with zero attached hydrogens (tertiary/aromatic N) is 4. The molecule has 3 rings (SSSR count). The molecule has 6 heteroatoms. The Kier molecular flexibility index (Phi) is 5.51. The molecule has 0 unspecified atom stereocenters. The normalized spacial score (nSPS) is 10.7. The van der Waals surface area contributed by atoms with Crippen LogP contribution in [0.15, 0.2) is 48.5 Å². The highest BCUT2D eigenvalue weighted by molar-refractivity contribution is 6.30. The van der Waals surface area contributed by atoms with Gasteiger partial charge < -0.3 is 4.90 Å². The Morgan fingerprint density at radius 3 is 1.80 bits per heavy atom. The number of rotatable bonds is 5. The maximum Gasteiger partial charge on any atom is 0.183 e. The second kappa shape index (κ2) is 7.81. The lowest BCUT2D eigenvalue weighted by atomic mass is 10.1. The van der Waals surface area contributed by atoms with Gasteiger partial charge in [0.15, 0.2) is 11.6 Å². The zero-order valence-corrected chi connectivity index (χ0v) is 15.6. The lowest BCUT2D eigenvalue weighted by Crippen LogP contribution is -2.24. The summed E-state index contributed by atoms with van der Waals surface area (Å²) >= 11 is 12.0. The molecule has 0 aliphatic rings. The average Bonchev–Trinajstić information content (AvgIpc) is 2.64. The molecule has 1 heterocycles. The van der Waals surface area contributed by atoms with Crippen LogP contribution in [0.25, 0.3) is 22.6 Å². The molecule has 0 aliphatic heterocycles. The second-order valence-corrected chi connectivity index (χ2v) is 6.37. The van der Waals surface area contributed by atoms with Crippen LogP contribution in [0.2, 0.25) is 10.0 Å². The Balaban J connectivity index is 2.12. The van der Waals surface area contributed by atoms with Crippen molar-refractivity contribution in [3.8, 4) is 22.6 Å². The molecular formula is C19H18Cl2N4. The van der Waals surface area contributed by atoms with Gasteiger partial charge in [-0.1, -0.05) is 35.3 Å². The predicted octanol–water partition coefficient (Wildman–Crippen LogP) is 5.36.